The zero-order valence-corrected chi connectivity index (χ0v) is 12.9. The van der Waals surface area contributed by atoms with Crippen LogP contribution < -0.4 is 9.47 Å². The van der Waals surface area contributed by atoms with Crippen LogP contribution in [0.3, 0.4) is 0 Å². The number of hydrogen-bond donors (Lipinski definition) is 0. The molecule has 0 atom stereocenters. The molecule has 1 aliphatic heterocycles. The third-order valence-corrected chi connectivity index (χ3v) is 5.24. The molecule has 1 heterocycles. The molecule has 1 aliphatic rings. The van der Waals surface area contributed by atoms with E-state index in [-0.39, 0.29) is 13.3 Å². The van der Waals surface area contributed by atoms with E-state index in [1.807, 2.05) is 0 Å². The minimum absolute atomic E-state index is 0.0189. The van der Waals surface area contributed by atoms with Gasteiger partial charge in [0.1, 0.15) is 16.5 Å². The Hall–Kier alpha value is -2.19. The van der Waals surface area contributed by atoms with Gasteiger partial charge in [0, 0.05) is 13.6 Å². The van der Waals surface area contributed by atoms with Crippen molar-refractivity contribution in [3.05, 3.63) is 53.6 Å². The maximum Gasteiger partial charge on any atom is 0.246 e. The highest BCUT2D eigenvalue weighted by molar-refractivity contribution is 7.89. The summed E-state index contributed by atoms with van der Waals surface area (Å²) >= 11 is 0. The number of ether oxygens (including phenoxy) is 2. The SMILES string of the molecule is CN(Cc1ccc2c(c1)OCO2)S(=O)(=O)c1cc(F)ccc1F. The summed E-state index contributed by atoms with van der Waals surface area (Å²) < 4.78 is 63.1. The molecule has 0 fully saturated rings. The van der Waals surface area contributed by atoms with Crippen LogP contribution in [0.25, 0.3) is 0 Å². The van der Waals surface area contributed by atoms with Crippen molar-refractivity contribution in [1.82, 2.24) is 4.31 Å². The normalized spacial score (nSPS) is 13.6. The van der Waals surface area contributed by atoms with Crippen LogP contribution in [0.2, 0.25) is 0 Å². The Morgan fingerprint density at radius 2 is 1.83 bits per heavy atom. The molecule has 0 aliphatic carbocycles. The summed E-state index contributed by atoms with van der Waals surface area (Å²) in [7, 11) is -2.86. The highest BCUT2D eigenvalue weighted by Crippen LogP contribution is 2.33. The fraction of sp³-hybridized carbons (Fsp3) is 0.200. The summed E-state index contributed by atoms with van der Waals surface area (Å²) in [6.07, 6.45) is 0. The molecule has 0 saturated heterocycles. The van der Waals surface area contributed by atoms with Gasteiger partial charge in [-0.2, -0.15) is 4.31 Å². The lowest BCUT2D eigenvalue weighted by molar-refractivity contribution is 0.174. The van der Waals surface area contributed by atoms with Gasteiger partial charge in [0.05, 0.1) is 0 Å². The second-order valence-electron chi connectivity index (χ2n) is 5.02. The monoisotopic (exact) mass is 341 g/mol. The number of nitrogens with zero attached hydrogens (tertiary/aromatic N) is 1. The van der Waals surface area contributed by atoms with Crippen LogP contribution in [-0.4, -0.2) is 26.6 Å². The smallest absolute Gasteiger partial charge is 0.246 e. The Morgan fingerprint density at radius 3 is 2.61 bits per heavy atom. The van der Waals surface area contributed by atoms with E-state index in [2.05, 4.69) is 0 Å². The van der Waals surface area contributed by atoms with E-state index in [0.29, 0.717) is 23.1 Å². The van der Waals surface area contributed by atoms with Crippen molar-refractivity contribution in [1.29, 1.82) is 0 Å². The molecule has 3 rings (SSSR count). The highest BCUT2D eigenvalue weighted by Gasteiger charge is 2.26. The van der Waals surface area contributed by atoms with Gasteiger partial charge in [-0.25, -0.2) is 17.2 Å². The lowest BCUT2D eigenvalue weighted by Crippen LogP contribution is -2.27. The fourth-order valence-corrected chi connectivity index (χ4v) is 3.45. The number of benzene rings is 2. The van der Waals surface area contributed by atoms with E-state index in [4.69, 9.17) is 9.47 Å². The van der Waals surface area contributed by atoms with E-state index >= 15 is 0 Å². The van der Waals surface area contributed by atoms with Crippen LogP contribution in [0.5, 0.6) is 11.5 Å². The molecule has 0 unspecified atom stereocenters. The van der Waals surface area contributed by atoms with Gasteiger partial charge in [-0.15, -0.1) is 0 Å². The lowest BCUT2D eigenvalue weighted by atomic mass is 10.2. The first-order valence-electron chi connectivity index (χ1n) is 6.68. The Labute approximate surface area is 132 Å². The maximum absolute atomic E-state index is 13.7. The molecule has 122 valence electrons. The molecule has 0 radical (unpaired) electrons. The minimum atomic E-state index is -4.16. The second kappa shape index (κ2) is 5.78. The predicted molar refractivity (Wildman–Crippen MR) is 77.6 cm³/mol. The summed E-state index contributed by atoms with van der Waals surface area (Å²) in [6.45, 7) is 0.0936. The van der Waals surface area contributed by atoms with Gasteiger partial charge in [0.15, 0.2) is 11.5 Å². The average Bonchev–Trinajstić information content (AvgIpc) is 2.97. The van der Waals surface area contributed by atoms with Crippen LogP contribution in [0.4, 0.5) is 8.78 Å². The number of rotatable bonds is 4. The molecule has 2 aromatic rings. The van der Waals surface area contributed by atoms with Gasteiger partial charge < -0.3 is 9.47 Å². The van der Waals surface area contributed by atoms with Gasteiger partial charge in [-0.3, -0.25) is 0 Å². The van der Waals surface area contributed by atoms with Crippen LogP contribution in [0, 0.1) is 11.6 Å². The van der Waals surface area contributed by atoms with E-state index < -0.39 is 26.6 Å². The van der Waals surface area contributed by atoms with Crippen molar-refractivity contribution >= 4 is 10.0 Å². The highest BCUT2D eigenvalue weighted by atomic mass is 32.2. The summed E-state index contributed by atoms with van der Waals surface area (Å²) in [5.41, 5.74) is 0.636. The number of hydrogen-bond acceptors (Lipinski definition) is 4. The van der Waals surface area contributed by atoms with Gasteiger partial charge in [-0.1, -0.05) is 6.07 Å². The Kier molecular flexibility index (Phi) is 3.95. The molecule has 2 aromatic carbocycles. The van der Waals surface area contributed by atoms with Crippen molar-refractivity contribution in [2.75, 3.05) is 13.8 Å². The predicted octanol–water partition coefficient (Wildman–Crippen LogP) is 2.51. The summed E-state index contributed by atoms with van der Waals surface area (Å²) in [5, 5.41) is 0. The third kappa shape index (κ3) is 2.99. The standard InChI is InChI=1S/C15H13F2NO4S/c1-18(8-10-2-5-13-14(6-10)22-9-21-13)23(19,20)15-7-11(16)3-4-12(15)17/h2-7H,8-9H2,1H3. The summed E-state index contributed by atoms with van der Waals surface area (Å²) in [4.78, 5) is -0.694. The second-order valence-corrected chi connectivity index (χ2v) is 7.04. The van der Waals surface area contributed by atoms with Crippen molar-refractivity contribution in [2.45, 2.75) is 11.4 Å². The minimum Gasteiger partial charge on any atom is -0.454 e. The lowest BCUT2D eigenvalue weighted by Gasteiger charge is -2.18. The van der Waals surface area contributed by atoms with E-state index in [0.717, 1.165) is 16.4 Å². The first-order chi connectivity index (χ1) is 10.9. The fourth-order valence-electron chi connectivity index (χ4n) is 2.22. The van der Waals surface area contributed by atoms with Gasteiger partial charge in [-0.05, 0) is 35.9 Å². The summed E-state index contributed by atoms with van der Waals surface area (Å²) in [6, 6.07) is 7.32. The zero-order valence-electron chi connectivity index (χ0n) is 12.1. The molecule has 0 saturated carbocycles. The van der Waals surface area contributed by atoms with Crippen LogP contribution in [0.15, 0.2) is 41.3 Å². The van der Waals surface area contributed by atoms with Gasteiger partial charge >= 0.3 is 0 Å². The van der Waals surface area contributed by atoms with E-state index in [1.165, 1.54) is 7.05 Å². The Morgan fingerprint density at radius 1 is 1.09 bits per heavy atom. The first-order valence-corrected chi connectivity index (χ1v) is 8.12. The number of fused-ring (bicyclic) bond motifs is 1. The van der Waals surface area contributed by atoms with Crippen molar-refractivity contribution < 1.29 is 26.7 Å². The van der Waals surface area contributed by atoms with E-state index in [1.54, 1.807) is 18.2 Å². The molecular formula is C15H13F2NO4S. The number of sulfonamides is 1. The quantitative estimate of drug-likeness (QED) is 0.857. The Balaban J connectivity index is 1.87. The molecular weight excluding hydrogens is 328 g/mol. The molecule has 0 N–H and O–H groups in total. The number of halogens is 2. The van der Waals surface area contributed by atoms with Gasteiger partial charge in [0.25, 0.3) is 0 Å². The van der Waals surface area contributed by atoms with Crippen molar-refractivity contribution in [3.63, 3.8) is 0 Å². The van der Waals surface area contributed by atoms with Crippen LogP contribution in [-0.2, 0) is 16.6 Å². The average molecular weight is 341 g/mol. The molecule has 5 nitrogen and oxygen atoms in total. The molecule has 0 aromatic heterocycles. The van der Waals surface area contributed by atoms with Crippen molar-refractivity contribution in [3.8, 4) is 11.5 Å². The van der Waals surface area contributed by atoms with E-state index in [9.17, 15) is 17.2 Å². The first kappa shape index (κ1) is 15.7. The summed E-state index contributed by atoms with van der Waals surface area (Å²) in [5.74, 6) is -0.717. The maximum atomic E-state index is 13.7. The molecule has 0 amide bonds. The molecule has 23 heavy (non-hydrogen) atoms. The molecule has 8 heteroatoms. The molecule has 0 bridgehead atoms. The molecule has 0 spiro atoms. The third-order valence-electron chi connectivity index (χ3n) is 3.42. The van der Waals surface area contributed by atoms with Crippen LogP contribution >= 0.6 is 0 Å². The van der Waals surface area contributed by atoms with Crippen LogP contribution in [0.1, 0.15) is 5.56 Å². The van der Waals surface area contributed by atoms with Gasteiger partial charge in [0.2, 0.25) is 16.8 Å². The van der Waals surface area contributed by atoms with Crippen molar-refractivity contribution in [2.24, 2.45) is 0 Å². The largest absolute Gasteiger partial charge is 0.454 e. The zero-order chi connectivity index (χ0) is 16.6. The Bertz CT molecular complexity index is 855. The topological polar surface area (TPSA) is 55.8 Å².